The molecule has 0 atom stereocenters. The quantitative estimate of drug-likeness (QED) is 0.610. The first-order valence-corrected chi connectivity index (χ1v) is 6.51. The van der Waals surface area contributed by atoms with Gasteiger partial charge in [0.2, 0.25) is 0 Å². The van der Waals surface area contributed by atoms with E-state index in [1.54, 1.807) is 12.1 Å². The van der Waals surface area contributed by atoms with Gasteiger partial charge >= 0.3 is 5.97 Å². The van der Waals surface area contributed by atoms with Crippen LogP contribution in [0.3, 0.4) is 0 Å². The number of halogens is 1. The molecule has 100 valence electrons. The van der Waals surface area contributed by atoms with Crippen molar-refractivity contribution in [2.75, 3.05) is 14.2 Å². The van der Waals surface area contributed by atoms with E-state index in [0.717, 1.165) is 3.57 Å². The number of carbonyl (C=O) groups excluding carboxylic acids is 1. The van der Waals surface area contributed by atoms with Gasteiger partial charge in [0, 0.05) is 3.57 Å². The molecule has 18 heavy (non-hydrogen) atoms. The Morgan fingerprint density at radius 1 is 1.11 bits per heavy atom. The van der Waals surface area contributed by atoms with Crippen molar-refractivity contribution in [3.8, 4) is 11.5 Å². The highest BCUT2D eigenvalue weighted by molar-refractivity contribution is 14.1. The fourth-order valence-corrected chi connectivity index (χ4v) is 1.98. The van der Waals surface area contributed by atoms with E-state index in [-0.39, 0.29) is 0 Å². The monoisotopic (exact) mass is 364 g/mol. The van der Waals surface area contributed by atoms with Crippen LogP contribution in [0.15, 0.2) is 12.1 Å². The van der Waals surface area contributed by atoms with E-state index in [1.165, 1.54) is 14.2 Å². The maximum Gasteiger partial charge on any atom is 0.346 e. The normalized spacial score (nSPS) is 11.0. The number of hydrogen-bond donors (Lipinski definition) is 0. The van der Waals surface area contributed by atoms with Crippen LogP contribution in [0.4, 0.5) is 0 Å². The Morgan fingerprint density at radius 3 is 1.89 bits per heavy atom. The van der Waals surface area contributed by atoms with Crippen molar-refractivity contribution in [1.82, 2.24) is 0 Å². The lowest BCUT2D eigenvalue weighted by Crippen LogP contribution is -2.24. The number of hydrogen-bond acceptors (Lipinski definition) is 4. The highest BCUT2D eigenvalue weighted by atomic mass is 127. The molecule has 0 saturated carbocycles. The molecular formula is C13H17IO4. The number of carbonyl (C=O) groups is 1. The van der Waals surface area contributed by atoms with Crippen molar-refractivity contribution < 1.29 is 19.0 Å². The molecule has 0 N–H and O–H groups in total. The number of benzene rings is 1. The Labute approximate surface area is 121 Å². The van der Waals surface area contributed by atoms with Gasteiger partial charge in [-0.2, -0.15) is 0 Å². The molecule has 0 aliphatic heterocycles. The van der Waals surface area contributed by atoms with E-state index in [2.05, 4.69) is 22.6 Å². The zero-order chi connectivity index (χ0) is 13.9. The average molecular weight is 364 g/mol. The van der Waals surface area contributed by atoms with Crippen molar-refractivity contribution in [2.45, 2.75) is 26.4 Å². The van der Waals surface area contributed by atoms with E-state index in [0.29, 0.717) is 17.1 Å². The number of ether oxygens (including phenoxy) is 3. The summed E-state index contributed by atoms with van der Waals surface area (Å²) in [5.74, 6) is 0.452. The van der Waals surface area contributed by atoms with E-state index < -0.39 is 11.6 Å². The molecule has 0 bridgehead atoms. The Morgan fingerprint density at radius 2 is 1.56 bits per heavy atom. The van der Waals surface area contributed by atoms with Crippen LogP contribution >= 0.6 is 22.6 Å². The molecule has 0 aliphatic carbocycles. The first kappa shape index (κ1) is 15.1. The zero-order valence-electron chi connectivity index (χ0n) is 11.2. The molecule has 0 aliphatic rings. The minimum absolute atomic E-state index is 0.315. The molecule has 0 amide bonds. The lowest BCUT2D eigenvalue weighted by atomic mass is 10.1. The molecule has 1 aromatic rings. The molecule has 0 fully saturated rings. The number of rotatable bonds is 3. The second kappa shape index (κ2) is 5.77. The fourth-order valence-electron chi connectivity index (χ4n) is 1.41. The third-order valence-corrected chi connectivity index (χ3v) is 2.70. The first-order chi connectivity index (χ1) is 8.28. The van der Waals surface area contributed by atoms with Gasteiger partial charge in [-0.15, -0.1) is 0 Å². The van der Waals surface area contributed by atoms with Crippen LogP contribution in [0.5, 0.6) is 11.5 Å². The molecule has 0 aromatic heterocycles. The third-order valence-electron chi connectivity index (χ3n) is 2.07. The van der Waals surface area contributed by atoms with Crippen LogP contribution in [-0.4, -0.2) is 25.8 Å². The summed E-state index contributed by atoms with van der Waals surface area (Å²) in [6.07, 6.45) is 0. The highest BCUT2D eigenvalue weighted by Crippen LogP contribution is 2.32. The van der Waals surface area contributed by atoms with Crippen LogP contribution in [-0.2, 0) is 4.74 Å². The predicted molar refractivity (Wildman–Crippen MR) is 77.4 cm³/mol. The second-order valence-electron chi connectivity index (χ2n) is 4.69. The van der Waals surface area contributed by atoms with Crippen molar-refractivity contribution in [3.05, 3.63) is 21.3 Å². The van der Waals surface area contributed by atoms with E-state index in [1.807, 2.05) is 20.8 Å². The molecule has 0 unspecified atom stereocenters. The molecule has 1 aromatic carbocycles. The van der Waals surface area contributed by atoms with E-state index in [9.17, 15) is 4.79 Å². The average Bonchev–Trinajstić information content (AvgIpc) is 2.24. The Hall–Kier alpha value is -0.980. The Kier molecular flexibility index (Phi) is 4.84. The second-order valence-corrected chi connectivity index (χ2v) is 5.93. The van der Waals surface area contributed by atoms with Crippen LogP contribution in [0.2, 0.25) is 0 Å². The van der Waals surface area contributed by atoms with Gasteiger partial charge in [0.15, 0.2) is 0 Å². The van der Waals surface area contributed by atoms with Crippen LogP contribution in [0, 0.1) is 3.57 Å². The van der Waals surface area contributed by atoms with Gasteiger partial charge in [-0.05, 0) is 55.5 Å². The third kappa shape index (κ3) is 3.76. The summed E-state index contributed by atoms with van der Waals surface area (Å²) in [6.45, 7) is 5.45. The van der Waals surface area contributed by atoms with Gasteiger partial charge in [0.05, 0.1) is 14.2 Å². The summed E-state index contributed by atoms with van der Waals surface area (Å²) in [5.41, 5.74) is -0.244. The summed E-state index contributed by atoms with van der Waals surface area (Å²) in [4.78, 5) is 12.1. The van der Waals surface area contributed by atoms with Crippen molar-refractivity contribution in [1.29, 1.82) is 0 Å². The SMILES string of the molecule is COc1cc(I)cc(OC)c1C(=O)OC(C)(C)C. The minimum Gasteiger partial charge on any atom is -0.496 e. The highest BCUT2D eigenvalue weighted by Gasteiger charge is 2.25. The fraction of sp³-hybridized carbons (Fsp3) is 0.462. The lowest BCUT2D eigenvalue weighted by Gasteiger charge is -2.21. The molecule has 5 heteroatoms. The van der Waals surface area contributed by atoms with E-state index >= 15 is 0 Å². The molecular weight excluding hydrogens is 347 g/mol. The molecule has 0 radical (unpaired) electrons. The molecule has 0 spiro atoms. The summed E-state index contributed by atoms with van der Waals surface area (Å²) in [6, 6.07) is 3.53. The zero-order valence-corrected chi connectivity index (χ0v) is 13.3. The van der Waals surface area contributed by atoms with Gasteiger partial charge in [0.25, 0.3) is 0 Å². The Balaban J connectivity index is 3.25. The van der Waals surface area contributed by atoms with E-state index in [4.69, 9.17) is 14.2 Å². The summed E-state index contributed by atoms with van der Waals surface area (Å²) < 4.78 is 16.7. The lowest BCUT2D eigenvalue weighted by molar-refractivity contribution is 0.00634. The summed E-state index contributed by atoms with van der Waals surface area (Å²) in [7, 11) is 3.03. The van der Waals surface area contributed by atoms with Gasteiger partial charge in [-0.1, -0.05) is 0 Å². The van der Waals surface area contributed by atoms with Gasteiger partial charge < -0.3 is 14.2 Å². The maximum absolute atomic E-state index is 12.1. The smallest absolute Gasteiger partial charge is 0.346 e. The van der Waals surface area contributed by atoms with Gasteiger partial charge in [-0.25, -0.2) is 4.79 Å². The van der Waals surface area contributed by atoms with Crippen molar-refractivity contribution >= 4 is 28.6 Å². The van der Waals surface area contributed by atoms with Crippen LogP contribution in [0.1, 0.15) is 31.1 Å². The van der Waals surface area contributed by atoms with Crippen LogP contribution < -0.4 is 9.47 Å². The topological polar surface area (TPSA) is 44.8 Å². The predicted octanol–water partition coefficient (Wildman–Crippen LogP) is 3.26. The molecule has 0 heterocycles. The standard InChI is InChI=1S/C13H17IO4/c1-13(2,3)18-12(15)11-9(16-4)6-8(14)7-10(11)17-5/h6-7H,1-5H3. The van der Waals surface area contributed by atoms with Crippen molar-refractivity contribution in [2.24, 2.45) is 0 Å². The molecule has 4 nitrogen and oxygen atoms in total. The van der Waals surface area contributed by atoms with Crippen molar-refractivity contribution in [3.63, 3.8) is 0 Å². The summed E-state index contributed by atoms with van der Waals surface area (Å²) >= 11 is 2.13. The summed E-state index contributed by atoms with van der Waals surface area (Å²) in [5, 5.41) is 0. The Bertz CT molecular complexity index is 424. The number of esters is 1. The van der Waals surface area contributed by atoms with Crippen LogP contribution in [0.25, 0.3) is 0 Å². The molecule has 1 rings (SSSR count). The van der Waals surface area contributed by atoms with Gasteiger partial charge in [-0.3, -0.25) is 0 Å². The van der Waals surface area contributed by atoms with Gasteiger partial charge in [0.1, 0.15) is 22.7 Å². The first-order valence-electron chi connectivity index (χ1n) is 5.43. The maximum atomic E-state index is 12.1. The molecule has 0 saturated heterocycles. The minimum atomic E-state index is -0.559. The number of methoxy groups -OCH3 is 2. The largest absolute Gasteiger partial charge is 0.496 e.